The van der Waals surface area contributed by atoms with Crippen LogP contribution in [0.2, 0.25) is 0 Å². The van der Waals surface area contributed by atoms with E-state index in [1.807, 2.05) is 20.8 Å². The van der Waals surface area contributed by atoms with Crippen molar-refractivity contribution in [1.29, 1.82) is 0 Å². The molecule has 2 aromatic heterocycles. The van der Waals surface area contributed by atoms with E-state index < -0.39 is 0 Å². The molecule has 2 N–H and O–H groups in total. The molecule has 0 spiro atoms. The smallest absolute Gasteiger partial charge is 0.291 e. The van der Waals surface area contributed by atoms with Gasteiger partial charge < -0.3 is 5.32 Å². The zero-order chi connectivity index (χ0) is 13.1. The second-order valence-corrected chi connectivity index (χ2v) is 5.18. The number of H-pyrrole nitrogens is 1. The molecule has 0 atom stereocenters. The van der Waals surface area contributed by atoms with Gasteiger partial charge >= 0.3 is 0 Å². The minimum absolute atomic E-state index is 0.181. The van der Waals surface area contributed by atoms with Gasteiger partial charge in [0.2, 0.25) is 5.82 Å². The van der Waals surface area contributed by atoms with Crippen molar-refractivity contribution < 1.29 is 4.79 Å². The minimum Gasteiger partial charge on any atom is -0.344 e. The van der Waals surface area contributed by atoms with E-state index in [0.29, 0.717) is 12.4 Å². The maximum atomic E-state index is 11.8. The van der Waals surface area contributed by atoms with Gasteiger partial charge in [-0.15, -0.1) is 16.4 Å². The van der Waals surface area contributed by atoms with Gasteiger partial charge in [0.1, 0.15) is 5.82 Å². The molecule has 0 aromatic carbocycles. The zero-order valence-corrected chi connectivity index (χ0v) is 11.3. The van der Waals surface area contributed by atoms with Crippen molar-refractivity contribution in [2.75, 3.05) is 0 Å². The topological polar surface area (TPSA) is 83.6 Å². The molecule has 96 valence electrons. The highest BCUT2D eigenvalue weighted by Gasteiger charge is 2.14. The molecule has 6 nitrogen and oxygen atoms in total. The standard InChI is InChI=1S/C11H15N5OS/c1-6(2)9-14-10(16-15-9)11(17)12-4-8-7(3)13-5-18-8/h5-6H,4H2,1-3H3,(H,12,17)(H,14,15,16). The number of carbonyl (C=O) groups is 1. The highest BCUT2D eigenvalue weighted by Crippen LogP contribution is 2.11. The second kappa shape index (κ2) is 5.26. The number of thiazole rings is 1. The molecule has 7 heteroatoms. The number of hydrogen-bond donors (Lipinski definition) is 2. The summed E-state index contributed by atoms with van der Waals surface area (Å²) in [6.07, 6.45) is 0. The van der Waals surface area contributed by atoms with Crippen molar-refractivity contribution in [2.45, 2.75) is 33.2 Å². The van der Waals surface area contributed by atoms with Crippen LogP contribution in [0.15, 0.2) is 5.51 Å². The van der Waals surface area contributed by atoms with Gasteiger partial charge in [-0.3, -0.25) is 9.89 Å². The monoisotopic (exact) mass is 265 g/mol. The molecule has 0 aliphatic carbocycles. The summed E-state index contributed by atoms with van der Waals surface area (Å²) >= 11 is 1.52. The van der Waals surface area contributed by atoms with Crippen LogP contribution < -0.4 is 5.32 Å². The normalized spacial score (nSPS) is 10.9. The molecule has 18 heavy (non-hydrogen) atoms. The average Bonchev–Trinajstić information content (AvgIpc) is 2.94. The molecular weight excluding hydrogens is 250 g/mol. The van der Waals surface area contributed by atoms with Crippen LogP contribution in [-0.2, 0) is 6.54 Å². The first-order chi connectivity index (χ1) is 8.58. The van der Waals surface area contributed by atoms with Crippen LogP contribution in [0.3, 0.4) is 0 Å². The number of aromatic amines is 1. The Balaban J connectivity index is 1.97. The van der Waals surface area contributed by atoms with Gasteiger partial charge in [-0.25, -0.2) is 9.97 Å². The maximum Gasteiger partial charge on any atom is 0.291 e. The minimum atomic E-state index is -0.272. The first-order valence-electron chi connectivity index (χ1n) is 5.67. The summed E-state index contributed by atoms with van der Waals surface area (Å²) in [7, 11) is 0. The summed E-state index contributed by atoms with van der Waals surface area (Å²) in [4.78, 5) is 21.1. The lowest BCUT2D eigenvalue weighted by Crippen LogP contribution is -2.24. The lowest BCUT2D eigenvalue weighted by atomic mass is 10.2. The van der Waals surface area contributed by atoms with Crippen molar-refractivity contribution in [3.63, 3.8) is 0 Å². The molecule has 0 aliphatic rings. The quantitative estimate of drug-likeness (QED) is 0.880. The number of aryl methyl sites for hydroxylation is 1. The van der Waals surface area contributed by atoms with E-state index in [0.717, 1.165) is 10.6 Å². The van der Waals surface area contributed by atoms with Gasteiger partial charge in [-0.1, -0.05) is 13.8 Å². The number of carbonyl (C=O) groups excluding carboxylic acids is 1. The summed E-state index contributed by atoms with van der Waals surface area (Å²) < 4.78 is 0. The molecule has 1 amide bonds. The van der Waals surface area contributed by atoms with Gasteiger partial charge in [-0.05, 0) is 6.92 Å². The highest BCUT2D eigenvalue weighted by molar-refractivity contribution is 7.09. The number of nitrogens with zero attached hydrogens (tertiary/aromatic N) is 3. The Kier molecular flexibility index (Phi) is 3.71. The van der Waals surface area contributed by atoms with E-state index in [1.54, 1.807) is 5.51 Å². The predicted octanol–water partition coefficient (Wildman–Crippen LogP) is 1.62. The van der Waals surface area contributed by atoms with Crippen LogP contribution in [0.5, 0.6) is 0 Å². The van der Waals surface area contributed by atoms with Crippen LogP contribution in [0.4, 0.5) is 0 Å². The third-order valence-electron chi connectivity index (χ3n) is 2.51. The van der Waals surface area contributed by atoms with Gasteiger partial charge in [0.25, 0.3) is 5.91 Å². The molecule has 0 radical (unpaired) electrons. The molecule has 0 fully saturated rings. The Morgan fingerprint density at radius 3 is 2.89 bits per heavy atom. The van der Waals surface area contributed by atoms with Gasteiger partial charge in [-0.2, -0.15) is 0 Å². The number of amides is 1. The lowest BCUT2D eigenvalue weighted by molar-refractivity contribution is 0.0941. The van der Waals surface area contributed by atoms with E-state index in [4.69, 9.17) is 0 Å². The molecule has 0 bridgehead atoms. The molecule has 0 saturated carbocycles. The summed E-state index contributed by atoms with van der Waals surface area (Å²) in [6, 6.07) is 0. The lowest BCUT2D eigenvalue weighted by Gasteiger charge is -2.00. The van der Waals surface area contributed by atoms with E-state index in [1.165, 1.54) is 11.3 Å². The summed E-state index contributed by atoms with van der Waals surface area (Å²) in [5.74, 6) is 0.851. The van der Waals surface area contributed by atoms with Crippen molar-refractivity contribution in [3.05, 3.63) is 27.7 Å². The van der Waals surface area contributed by atoms with E-state index >= 15 is 0 Å². The number of hydrogen-bond acceptors (Lipinski definition) is 5. The van der Waals surface area contributed by atoms with Crippen molar-refractivity contribution in [2.24, 2.45) is 0 Å². The fourth-order valence-electron chi connectivity index (χ4n) is 1.37. The van der Waals surface area contributed by atoms with Crippen LogP contribution in [0.1, 0.15) is 46.8 Å². The maximum absolute atomic E-state index is 11.8. The molecule has 2 aromatic rings. The Hall–Kier alpha value is -1.76. The van der Waals surface area contributed by atoms with Crippen LogP contribution in [-0.4, -0.2) is 26.1 Å². The summed E-state index contributed by atoms with van der Waals surface area (Å²) in [5, 5.41) is 9.44. The third kappa shape index (κ3) is 2.73. The van der Waals surface area contributed by atoms with E-state index in [-0.39, 0.29) is 17.6 Å². The Morgan fingerprint density at radius 2 is 2.33 bits per heavy atom. The average molecular weight is 265 g/mol. The third-order valence-corrected chi connectivity index (χ3v) is 3.44. The fourth-order valence-corrected chi connectivity index (χ4v) is 2.09. The predicted molar refractivity (Wildman–Crippen MR) is 68.5 cm³/mol. The number of rotatable bonds is 4. The highest BCUT2D eigenvalue weighted by atomic mass is 32.1. The summed E-state index contributed by atoms with van der Waals surface area (Å²) in [5.41, 5.74) is 2.71. The van der Waals surface area contributed by atoms with E-state index in [2.05, 4.69) is 25.5 Å². The Morgan fingerprint density at radius 1 is 1.56 bits per heavy atom. The van der Waals surface area contributed by atoms with Crippen LogP contribution in [0, 0.1) is 6.92 Å². The molecule has 0 unspecified atom stereocenters. The molecule has 2 rings (SSSR count). The number of nitrogens with one attached hydrogen (secondary N) is 2. The Bertz CT molecular complexity index is 545. The Labute approximate surface area is 109 Å². The van der Waals surface area contributed by atoms with Crippen molar-refractivity contribution in [3.8, 4) is 0 Å². The summed E-state index contributed by atoms with van der Waals surface area (Å²) in [6.45, 7) is 6.36. The number of aromatic nitrogens is 4. The van der Waals surface area contributed by atoms with Gasteiger partial charge in [0, 0.05) is 10.8 Å². The first kappa shape index (κ1) is 12.7. The van der Waals surface area contributed by atoms with Crippen molar-refractivity contribution >= 4 is 17.2 Å². The molecule has 0 aliphatic heterocycles. The first-order valence-corrected chi connectivity index (χ1v) is 6.55. The van der Waals surface area contributed by atoms with Gasteiger partial charge in [0.05, 0.1) is 17.7 Å². The second-order valence-electron chi connectivity index (χ2n) is 4.24. The van der Waals surface area contributed by atoms with Crippen LogP contribution in [0.25, 0.3) is 0 Å². The molecular formula is C11H15N5OS. The van der Waals surface area contributed by atoms with Gasteiger partial charge in [0.15, 0.2) is 0 Å². The van der Waals surface area contributed by atoms with Crippen molar-refractivity contribution in [1.82, 2.24) is 25.5 Å². The zero-order valence-electron chi connectivity index (χ0n) is 10.5. The fraction of sp³-hybridized carbons (Fsp3) is 0.455. The largest absolute Gasteiger partial charge is 0.344 e. The van der Waals surface area contributed by atoms with Crippen LogP contribution >= 0.6 is 11.3 Å². The SMILES string of the molecule is Cc1ncsc1CNC(=O)c1n[nH]c(C(C)C)n1. The van der Waals surface area contributed by atoms with E-state index in [9.17, 15) is 4.79 Å². The molecule has 0 saturated heterocycles. The molecule has 2 heterocycles.